The summed E-state index contributed by atoms with van der Waals surface area (Å²) in [5.41, 5.74) is 1.65. The van der Waals surface area contributed by atoms with E-state index in [1.165, 1.54) is 6.26 Å². The lowest BCUT2D eigenvalue weighted by Crippen LogP contribution is -1.96. The zero-order chi connectivity index (χ0) is 14.6. The summed E-state index contributed by atoms with van der Waals surface area (Å²) in [7, 11) is -3.15. The van der Waals surface area contributed by atoms with Gasteiger partial charge in [0.15, 0.2) is 9.84 Å². The molecule has 0 fully saturated rings. The number of thioether (sulfide) groups is 1. The summed E-state index contributed by atoms with van der Waals surface area (Å²) >= 11 is 1.58. The van der Waals surface area contributed by atoms with E-state index in [0.717, 1.165) is 10.5 Å². The monoisotopic (exact) mass is 303 g/mol. The van der Waals surface area contributed by atoms with Gasteiger partial charge in [-0.15, -0.1) is 11.8 Å². The van der Waals surface area contributed by atoms with Crippen LogP contribution in [0.5, 0.6) is 0 Å². The van der Waals surface area contributed by atoms with Gasteiger partial charge in [0.25, 0.3) is 0 Å². The van der Waals surface area contributed by atoms with Gasteiger partial charge in [0.2, 0.25) is 0 Å². The molecule has 0 saturated heterocycles. The number of benzene rings is 2. The summed E-state index contributed by atoms with van der Waals surface area (Å²) in [4.78, 5) is 1.30. The zero-order valence-electron chi connectivity index (χ0n) is 10.9. The van der Waals surface area contributed by atoms with Crippen molar-refractivity contribution in [3.63, 3.8) is 0 Å². The van der Waals surface area contributed by atoms with Crippen molar-refractivity contribution in [2.24, 2.45) is 0 Å². The average molecular weight is 303 g/mol. The molecule has 5 heteroatoms. The minimum Gasteiger partial charge on any atom is -0.224 e. The van der Waals surface area contributed by atoms with Gasteiger partial charge in [0.05, 0.1) is 16.5 Å². The zero-order valence-corrected chi connectivity index (χ0v) is 12.5. The number of nitrogens with zero attached hydrogens (tertiary/aromatic N) is 1. The predicted molar refractivity (Wildman–Crippen MR) is 80.3 cm³/mol. The van der Waals surface area contributed by atoms with Crippen LogP contribution in [0.3, 0.4) is 0 Å². The molecule has 102 valence electrons. The first-order chi connectivity index (χ1) is 9.50. The highest BCUT2D eigenvalue weighted by atomic mass is 32.2. The standard InChI is InChI=1S/C15H13NO2S2/c1-20(17,18)15-8-6-14(7-9-15)19-11-13-5-3-2-4-12(13)10-16/h2-9H,11H2,1H3. The minimum atomic E-state index is -3.15. The number of hydrogen-bond donors (Lipinski definition) is 0. The highest BCUT2D eigenvalue weighted by molar-refractivity contribution is 7.98. The fourth-order valence-electron chi connectivity index (χ4n) is 1.70. The summed E-state index contributed by atoms with van der Waals surface area (Å²) in [6.45, 7) is 0. The molecule has 0 aromatic heterocycles. The van der Waals surface area contributed by atoms with Crippen LogP contribution in [0, 0.1) is 11.3 Å². The normalized spacial score (nSPS) is 11.0. The van der Waals surface area contributed by atoms with Crippen LogP contribution in [0.2, 0.25) is 0 Å². The summed E-state index contributed by atoms with van der Waals surface area (Å²) < 4.78 is 22.7. The van der Waals surface area contributed by atoms with E-state index in [2.05, 4.69) is 6.07 Å². The Kier molecular flexibility index (Phi) is 4.48. The predicted octanol–water partition coefficient (Wildman–Crippen LogP) is 3.25. The molecule has 0 aliphatic carbocycles. The van der Waals surface area contributed by atoms with Gasteiger partial charge in [-0.2, -0.15) is 5.26 Å². The second-order valence-corrected chi connectivity index (χ2v) is 7.37. The Morgan fingerprint density at radius 2 is 1.75 bits per heavy atom. The van der Waals surface area contributed by atoms with Crippen LogP contribution in [-0.2, 0) is 15.6 Å². The highest BCUT2D eigenvalue weighted by Gasteiger charge is 2.07. The third kappa shape index (κ3) is 3.62. The molecule has 2 aromatic carbocycles. The van der Waals surface area contributed by atoms with Gasteiger partial charge in [0, 0.05) is 16.9 Å². The van der Waals surface area contributed by atoms with Gasteiger partial charge in [-0.05, 0) is 35.9 Å². The maximum atomic E-state index is 11.4. The molecule has 0 bridgehead atoms. The lowest BCUT2D eigenvalue weighted by molar-refractivity contribution is 0.602. The molecule has 3 nitrogen and oxygen atoms in total. The summed E-state index contributed by atoms with van der Waals surface area (Å²) in [6.07, 6.45) is 1.19. The van der Waals surface area contributed by atoms with E-state index in [4.69, 9.17) is 5.26 Å². The van der Waals surface area contributed by atoms with E-state index in [-0.39, 0.29) is 0 Å². The Hall–Kier alpha value is -1.77. The molecular formula is C15H13NO2S2. The second-order valence-electron chi connectivity index (χ2n) is 4.30. The Balaban J connectivity index is 2.10. The summed E-state index contributed by atoms with van der Waals surface area (Å²) in [5, 5.41) is 9.02. The highest BCUT2D eigenvalue weighted by Crippen LogP contribution is 2.25. The number of nitriles is 1. The lowest BCUT2D eigenvalue weighted by atomic mass is 10.1. The first-order valence-electron chi connectivity index (χ1n) is 5.91. The van der Waals surface area contributed by atoms with Crippen molar-refractivity contribution in [2.45, 2.75) is 15.5 Å². The number of rotatable bonds is 4. The second kappa shape index (κ2) is 6.12. The van der Waals surface area contributed by atoms with Crippen molar-refractivity contribution in [2.75, 3.05) is 6.26 Å². The fraction of sp³-hybridized carbons (Fsp3) is 0.133. The Labute approximate surface area is 123 Å². The fourth-order valence-corrected chi connectivity index (χ4v) is 3.23. The lowest BCUT2D eigenvalue weighted by Gasteiger charge is -2.05. The first kappa shape index (κ1) is 14.6. The number of sulfone groups is 1. The Bertz CT molecular complexity index is 744. The van der Waals surface area contributed by atoms with E-state index in [0.29, 0.717) is 16.2 Å². The molecule has 0 aliphatic heterocycles. The van der Waals surface area contributed by atoms with E-state index >= 15 is 0 Å². The van der Waals surface area contributed by atoms with Crippen molar-refractivity contribution in [3.05, 3.63) is 59.7 Å². The van der Waals surface area contributed by atoms with Crippen molar-refractivity contribution in [3.8, 4) is 6.07 Å². The molecule has 0 N–H and O–H groups in total. The van der Waals surface area contributed by atoms with Crippen LogP contribution in [0.15, 0.2) is 58.3 Å². The first-order valence-corrected chi connectivity index (χ1v) is 8.79. The molecule has 2 rings (SSSR count). The molecule has 2 aromatic rings. The largest absolute Gasteiger partial charge is 0.224 e. The smallest absolute Gasteiger partial charge is 0.175 e. The maximum Gasteiger partial charge on any atom is 0.175 e. The molecule has 0 heterocycles. The molecule has 20 heavy (non-hydrogen) atoms. The molecule has 0 radical (unpaired) electrons. The summed E-state index contributed by atoms with van der Waals surface area (Å²) in [6, 6.07) is 16.4. The third-order valence-corrected chi connectivity index (χ3v) is 4.97. The van der Waals surface area contributed by atoms with Crippen LogP contribution in [0.4, 0.5) is 0 Å². The molecular weight excluding hydrogens is 290 g/mol. The number of hydrogen-bond acceptors (Lipinski definition) is 4. The van der Waals surface area contributed by atoms with Crippen LogP contribution < -0.4 is 0 Å². The van der Waals surface area contributed by atoms with E-state index < -0.39 is 9.84 Å². The van der Waals surface area contributed by atoms with Crippen molar-refractivity contribution in [1.82, 2.24) is 0 Å². The Morgan fingerprint density at radius 1 is 1.10 bits per heavy atom. The third-order valence-electron chi connectivity index (χ3n) is 2.78. The van der Waals surface area contributed by atoms with E-state index in [9.17, 15) is 8.42 Å². The molecule has 0 amide bonds. The molecule has 0 spiro atoms. The average Bonchev–Trinajstić information content (AvgIpc) is 2.45. The van der Waals surface area contributed by atoms with Crippen LogP contribution in [0.25, 0.3) is 0 Å². The van der Waals surface area contributed by atoms with Crippen molar-refractivity contribution < 1.29 is 8.42 Å². The molecule has 0 unspecified atom stereocenters. The SMILES string of the molecule is CS(=O)(=O)c1ccc(SCc2ccccc2C#N)cc1. The van der Waals surface area contributed by atoms with Crippen LogP contribution in [0.1, 0.15) is 11.1 Å². The van der Waals surface area contributed by atoms with E-state index in [1.807, 2.05) is 18.2 Å². The Morgan fingerprint density at radius 3 is 2.35 bits per heavy atom. The van der Waals surface area contributed by atoms with Gasteiger partial charge < -0.3 is 0 Å². The van der Waals surface area contributed by atoms with Crippen molar-refractivity contribution in [1.29, 1.82) is 5.26 Å². The van der Waals surface area contributed by atoms with Crippen LogP contribution >= 0.6 is 11.8 Å². The van der Waals surface area contributed by atoms with Crippen molar-refractivity contribution >= 4 is 21.6 Å². The minimum absolute atomic E-state index is 0.319. The van der Waals surface area contributed by atoms with Gasteiger partial charge in [-0.25, -0.2) is 8.42 Å². The van der Waals surface area contributed by atoms with Gasteiger partial charge in [-0.1, -0.05) is 18.2 Å². The van der Waals surface area contributed by atoms with Gasteiger partial charge in [-0.3, -0.25) is 0 Å². The van der Waals surface area contributed by atoms with Gasteiger partial charge in [0.1, 0.15) is 0 Å². The van der Waals surface area contributed by atoms with E-state index in [1.54, 1.807) is 42.1 Å². The molecule has 0 atom stereocenters. The van der Waals surface area contributed by atoms with Gasteiger partial charge >= 0.3 is 0 Å². The van der Waals surface area contributed by atoms with Crippen LogP contribution in [-0.4, -0.2) is 14.7 Å². The summed E-state index contributed by atoms with van der Waals surface area (Å²) in [5.74, 6) is 0.682. The quantitative estimate of drug-likeness (QED) is 0.814. The maximum absolute atomic E-state index is 11.4. The molecule has 0 aliphatic rings. The molecule has 0 saturated carbocycles. The topological polar surface area (TPSA) is 57.9 Å².